The van der Waals surface area contributed by atoms with Crippen LogP contribution in [0.5, 0.6) is 0 Å². The molecule has 0 saturated carbocycles. The summed E-state index contributed by atoms with van der Waals surface area (Å²) in [6.07, 6.45) is -2.09. The Morgan fingerprint density at radius 3 is 2.35 bits per heavy atom. The van der Waals surface area contributed by atoms with Gasteiger partial charge < -0.3 is 26.2 Å². The van der Waals surface area contributed by atoms with Crippen molar-refractivity contribution in [2.24, 2.45) is 5.73 Å². The Balaban J connectivity index is 1.74. The molecule has 2 aromatic rings. The van der Waals surface area contributed by atoms with Crippen LogP contribution in [-0.4, -0.2) is 41.7 Å². The summed E-state index contributed by atoms with van der Waals surface area (Å²) in [7, 11) is 0. The van der Waals surface area contributed by atoms with Gasteiger partial charge in [-0.1, -0.05) is 42.5 Å². The van der Waals surface area contributed by atoms with Crippen LogP contribution in [0.15, 0.2) is 54.6 Å². The molecule has 0 saturated heterocycles. The molecule has 2 atom stereocenters. The molecule has 9 nitrogen and oxygen atoms in total. The Labute approximate surface area is 179 Å². The number of hydrogen-bond acceptors (Lipinski definition) is 6. The third-order valence-electron chi connectivity index (χ3n) is 4.32. The van der Waals surface area contributed by atoms with Crippen molar-refractivity contribution in [2.75, 3.05) is 6.54 Å². The van der Waals surface area contributed by atoms with Crippen molar-refractivity contribution >= 4 is 17.9 Å². The number of amides is 3. The zero-order valence-corrected chi connectivity index (χ0v) is 16.8. The van der Waals surface area contributed by atoms with E-state index in [1.54, 1.807) is 36.4 Å². The van der Waals surface area contributed by atoms with Gasteiger partial charge in [0.1, 0.15) is 12.6 Å². The first-order valence-electron chi connectivity index (χ1n) is 9.57. The maximum atomic E-state index is 12.1. The molecule has 2 rings (SSSR count). The number of nitrogens with one attached hydrogen (secondary N) is 2. The van der Waals surface area contributed by atoms with E-state index in [4.69, 9.17) is 15.7 Å². The number of alkyl carbamates (subject to hydrolysis) is 1. The molecule has 0 bridgehead atoms. The van der Waals surface area contributed by atoms with Crippen molar-refractivity contribution in [2.45, 2.75) is 31.6 Å². The zero-order chi connectivity index (χ0) is 22.6. The summed E-state index contributed by atoms with van der Waals surface area (Å²) in [4.78, 5) is 35.5. The van der Waals surface area contributed by atoms with Crippen molar-refractivity contribution in [1.29, 1.82) is 5.26 Å². The summed E-state index contributed by atoms with van der Waals surface area (Å²) >= 11 is 0. The molecule has 0 aliphatic heterocycles. The predicted molar refractivity (Wildman–Crippen MR) is 111 cm³/mol. The highest BCUT2D eigenvalue weighted by molar-refractivity contribution is 5.87. The molecule has 5 N–H and O–H groups in total. The molecule has 0 radical (unpaired) electrons. The van der Waals surface area contributed by atoms with E-state index >= 15 is 0 Å². The number of hydrogen-bond donors (Lipinski definition) is 4. The summed E-state index contributed by atoms with van der Waals surface area (Å²) in [6.45, 7) is -0.114. The van der Waals surface area contributed by atoms with Crippen molar-refractivity contribution in [3.05, 3.63) is 71.3 Å². The molecule has 0 aliphatic rings. The van der Waals surface area contributed by atoms with Crippen LogP contribution in [0.4, 0.5) is 4.79 Å². The van der Waals surface area contributed by atoms with Gasteiger partial charge in [0.05, 0.1) is 24.2 Å². The largest absolute Gasteiger partial charge is 0.445 e. The fourth-order valence-corrected chi connectivity index (χ4v) is 2.69. The normalized spacial score (nSPS) is 12.1. The number of nitrogens with two attached hydrogens (primary N) is 1. The summed E-state index contributed by atoms with van der Waals surface area (Å²) in [5.74, 6) is -1.32. The first kappa shape index (κ1) is 23.4. The second kappa shape index (κ2) is 11.9. The fraction of sp³-hybridized carbons (Fsp3) is 0.273. The summed E-state index contributed by atoms with van der Waals surface area (Å²) < 4.78 is 5.02. The Morgan fingerprint density at radius 2 is 1.74 bits per heavy atom. The van der Waals surface area contributed by atoms with Gasteiger partial charge in [-0.05, 0) is 23.3 Å². The van der Waals surface area contributed by atoms with Gasteiger partial charge in [-0.3, -0.25) is 9.59 Å². The maximum Gasteiger partial charge on any atom is 0.407 e. The SMILES string of the molecule is N#Cc1ccc(C[C@@H](NC(=O)C[C@@H](O)CNC(=O)OCc2ccccc2)C(N)=O)cc1. The molecular weight excluding hydrogens is 400 g/mol. The molecular formula is C22H24N4O5. The Morgan fingerprint density at radius 1 is 1.06 bits per heavy atom. The predicted octanol–water partition coefficient (Wildman–Crippen LogP) is 0.748. The summed E-state index contributed by atoms with van der Waals surface area (Å²) in [5, 5.41) is 23.6. The van der Waals surface area contributed by atoms with E-state index in [-0.39, 0.29) is 26.0 Å². The number of aliphatic hydroxyl groups is 1. The Bertz CT molecular complexity index is 925. The van der Waals surface area contributed by atoms with E-state index in [2.05, 4.69) is 10.6 Å². The monoisotopic (exact) mass is 424 g/mol. The van der Waals surface area contributed by atoms with Crippen molar-refractivity contribution in [3.8, 4) is 6.07 Å². The first-order chi connectivity index (χ1) is 14.9. The average molecular weight is 424 g/mol. The minimum atomic E-state index is -1.17. The first-order valence-corrected chi connectivity index (χ1v) is 9.57. The van der Waals surface area contributed by atoms with Crippen molar-refractivity contribution in [1.82, 2.24) is 10.6 Å². The van der Waals surface area contributed by atoms with E-state index < -0.39 is 30.1 Å². The number of primary amides is 1. The molecule has 3 amide bonds. The number of carbonyl (C=O) groups is 3. The molecule has 0 spiro atoms. The van der Waals surface area contributed by atoms with E-state index in [1.807, 2.05) is 24.3 Å². The lowest BCUT2D eigenvalue weighted by molar-refractivity contribution is -0.128. The van der Waals surface area contributed by atoms with Crippen LogP contribution in [0.1, 0.15) is 23.1 Å². The number of carbonyl (C=O) groups excluding carboxylic acids is 3. The second-order valence-corrected chi connectivity index (χ2v) is 6.84. The topological polar surface area (TPSA) is 155 Å². The lowest BCUT2D eigenvalue weighted by Crippen LogP contribution is -2.47. The standard InChI is InChI=1S/C22H24N4O5/c23-12-16-8-6-15(7-9-16)10-19(21(24)29)26-20(28)11-18(27)13-25-22(30)31-14-17-4-2-1-3-5-17/h1-9,18-19,27H,10-11,13-14H2,(H2,24,29)(H,25,30)(H,26,28)/t18-,19-/m1/s1. The van der Waals surface area contributed by atoms with Gasteiger partial charge >= 0.3 is 6.09 Å². The fourth-order valence-electron chi connectivity index (χ4n) is 2.69. The van der Waals surface area contributed by atoms with Crippen LogP contribution >= 0.6 is 0 Å². The number of rotatable bonds is 10. The minimum absolute atomic E-state index is 0.0822. The quantitative estimate of drug-likeness (QED) is 0.441. The van der Waals surface area contributed by atoms with E-state index in [0.717, 1.165) is 5.56 Å². The molecule has 0 unspecified atom stereocenters. The molecule has 0 heterocycles. The van der Waals surface area contributed by atoms with Crippen LogP contribution in [-0.2, 0) is 27.4 Å². The van der Waals surface area contributed by atoms with Gasteiger partial charge in [-0.25, -0.2) is 4.79 Å². The highest BCUT2D eigenvalue weighted by Crippen LogP contribution is 2.07. The summed E-state index contributed by atoms with van der Waals surface area (Å²) in [6, 6.07) is 16.6. The van der Waals surface area contributed by atoms with Crippen molar-refractivity contribution in [3.63, 3.8) is 0 Å². The van der Waals surface area contributed by atoms with Gasteiger partial charge in [-0.15, -0.1) is 0 Å². The van der Waals surface area contributed by atoms with Gasteiger partial charge in [0.25, 0.3) is 0 Å². The van der Waals surface area contributed by atoms with Crippen LogP contribution in [0, 0.1) is 11.3 Å². The Hall–Kier alpha value is -3.90. The van der Waals surface area contributed by atoms with E-state index in [0.29, 0.717) is 11.1 Å². The van der Waals surface area contributed by atoms with Gasteiger partial charge in [-0.2, -0.15) is 5.26 Å². The molecule has 9 heteroatoms. The number of nitriles is 1. The molecule has 162 valence electrons. The van der Waals surface area contributed by atoms with Crippen LogP contribution < -0.4 is 16.4 Å². The molecule has 0 fully saturated rings. The second-order valence-electron chi connectivity index (χ2n) is 6.84. The molecule has 0 aromatic heterocycles. The maximum absolute atomic E-state index is 12.1. The van der Waals surface area contributed by atoms with Crippen LogP contribution in [0.25, 0.3) is 0 Å². The number of benzene rings is 2. The van der Waals surface area contributed by atoms with Crippen molar-refractivity contribution < 1.29 is 24.2 Å². The van der Waals surface area contributed by atoms with Gasteiger partial charge in [0.15, 0.2) is 0 Å². The zero-order valence-electron chi connectivity index (χ0n) is 16.8. The third kappa shape index (κ3) is 8.55. The van der Waals surface area contributed by atoms with Crippen LogP contribution in [0.3, 0.4) is 0 Å². The molecule has 2 aromatic carbocycles. The van der Waals surface area contributed by atoms with Crippen LogP contribution in [0.2, 0.25) is 0 Å². The smallest absolute Gasteiger partial charge is 0.407 e. The minimum Gasteiger partial charge on any atom is -0.445 e. The Kier molecular flexibility index (Phi) is 9.01. The highest BCUT2D eigenvalue weighted by Gasteiger charge is 2.21. The highest BCUT2D eigenvalue weighted by atomic mass is 16.5. The van der Waals surface area contributed by atoms with Gasteiger partial charge in [0.2, 0.25) is 11.8 Å². The molecule has 0 aliphatic carbocycles. The lowest BCUT2D eigenvalue weighted by atomic mass is 10.0. The lowest BCUT2D eigenvalue weighted by Gasteiger charge is -2.17. The van der Waals surface area contributed by atoms with E-state index in [9.17, 15) is 19.5 Å². The third-order valence-corrected chi connectivity index (χ3v) is 4.32. The summed E-state index contributed by atoms with van der Waals surface area (Å²) in [5.41, 5.74) is 7.36. The van der Waals surface area contributed by atoms with Gasteiger partial charge in [0, 0.05) is 13.0 Å². The number of aliphatic hydroxyl groups excluding tert-OH is 1. The average Bonchev–Trinajstić information content (AvgIpc) is 2.77. The molecule has 31 heavy (non-hydrogen) atoms. The number of nitrogens with zero attached hydrogens (tertiary/aromatic N) is 1. The van der Waals surface area contributed by atoms with E-state index in [1.165, 1.54) is 0 Å². The number of ether oxygens (including phenoxy) is 1.